The van der Waals surface area contributed by atoms with Crippen LogP contribution in [0.1, 0.15) is 33.1 Å². The lowest BCUT2D eigenvalue weighted by Crippen LogP contribution is -2.42. The number of rotatable bonds is 19. The Morgan fingerprint density at radius 3 is 1.77 bits per heavy atom. The maximum atomic E-state index is 11.1. The number of hydrogen-bond acceptors (Lipinski definition) is 8. The number of Topliss-reactive ketones (excluding diaryl/α,β-unsaturated/α-hetero) is 1. The van der Waals surface area contributed by atoms with E-state index in [-0.39, 0.29) is 38.8 Å². The fourth-order valence-electron chi connectivity index (χ4n) is 2.11. The van der Waals surface area contributed by atoms with Gasteiger partial charge in [0.1, 0.15) is 5.78 Å². The van der Waals surface area contributed by atoms with Gasteiger partial charge in [0.15, 0.2) is 0 Å². The van der Waals surface area contributed by atoms with Crippen molar-refractivity contribution >= 4 is 5.78 Å². The molecule has 0 rings (SSSR count). The second kappa shape index (κ2) is 16.6. The van der Waals surface area contributed by atoms with E-state index in [0.29, 0.717) is 52.3 Å². The van der Waals surface area contributed by atoms with Crippen LogP contribution in [0.25, 0.3) is 0 Å². The first kappa shape index (κ1) is 25.4. The maximum Gasteiger partial charge on any atom is 0.132 e. The molecule has 0 spiro atoms. The first-order chi connectivity index (χ1) is 12.5. The van der Waals surface area contributed by atoms with Gasteiger partial charge in [-0.15, -0.1) is 0 Å². The third kappa shape index (κ3) is 14.5. The van der Waals surface area contributed by atoms with Crippen LogP contribution in [0.4, 0.5) is 0 Å². The van der Waals surface area contributed by atoms with Gasteiger partial charge >= 0.3 is 0 Å². The molecule has 8 heteroatoms. The summed E-state index contributed by atoms with van der Waals surface area (Å²) in [4.78, 5) is 11.1. The highest BCUT2D eigenvalue weighted by Gasteiger charge is 2.32. The van der Waals surface area contributed by atoms with Crippen LogP contribution in [0.2, 0.25) is 0 Å². The Morgan fingerprint density at radius 1 is 0.885 bits per heavy atom. The van der Waals surface area contributed by atoms with Gasteiger partial charge in [0, 0.05) is 32.8 Å². The van der Waals surface area contributed by atoms with E-state index in [1.807, 2.05) is 0 Å². The van der Waals surface area contributed by atoms with Gasteiger partial charge in [-0.25, -0.2) is 0 Å². The standard InChI is InChI=1S/C18H36O8/c1-16(21)5-10-25-14-18(12-23-8-3-6-19,13-24-9-4-7-20)15-26-11-17(2)22/h17,19-20,22H,3-15H2,1-2H3. The molecule has 0 aliphatic heterocycles. The first-order valence-corrected chi connectivity index (χ1v) is 9.16. The molecule has 0 aliphatic carbocycles. The molecule has 26 heavy (non-hydrogen) atoms. The van der Waals surface area contributed by atoms with Gasteiger partial charge in [-0.1, -0.05) is 0 Å². The molecule has 0 saturated carbocycles. The van der Waals surface area contributed by atoms with Crippen LogP contribution in [0.15, 0.2) is 0 Å². The van der Waals surface area contributed by atoms with Crippen molar-refractivity contribution in [3.63, 3.8) is 0 Å². The van der Waals surface area contributed by atoms with Crippen LogP contribution in [-0.4, -0.2) is 93.3 Å². The third-order valence-corrected chi connectivity index (χ3v) is 3.48. The molecule has 1 atom stereocenters. The van der Waals surface area contributed by atoms with E-state index in [1.54, 1.807) is 6.92 Å². The molecule has 0 radical (unpaired) electrons. The molecule has 0 amide bonds. The molecule has 0 bridgehead atoms. The molecule has 0 heterocycles. The number of carbonyl (C=O) groups excluding carboxylic acids is 1. The van der Waals surface area contributed by atoms with E-state index in [2.05, 4.69) is 0 Å². The van der Waals surface area contributed by atoms with Crippen LogP contribution >= 0.6 is 0 Å². The number of ether oxygens (including phenoxy) is 4. The first-order valence-electron chi connectivity index (χ1n) is 9.16. The summed E-state index contributed by atoms with van der Waals surface area (Å²) in [5.74, 6) is 0.0550. The van der Waals surface area contributed by atoms with Gasteiger partial charge in [0.05, 0.1) is 51.2 Å². The molecule has 0 fully saturated rings. The average Bonchev–Trinajstić information content (AvgIpc) is 2.59. The highest BCUT2D eigenvalue weighted by molar-refractivity contribution is 5.75. The monoisotopic (exact) mass is 380 g/mol. The van der Waals surface area contributed by atoms with Crippen molar-refractivity contribution in [3.8, 4) is 0 Å². The molecule has 0 saturated heterocycles. The fourth-order valence-corrected chi connectivity index (χ4v) is 2.11. The Balaban J connectivity index is 4.75. The van der Waals surface area contributed by atoms with Crippen molar-refractivity contribution in [2.75, 3.05) is 66.1 Å². The van der Waals surface area contributed by atoms with Crippen LogP contribution in [0, 0.1) is 5.41 Å². The van der Waals surface area contributed by atoms with Gasteiger partial charge < -0.3 is 34.3 Å². The van der Waals surface area contributed by atoms with E-state index in [0.717, 1.165) is 0 Å². The SMILES string of the molecule is CC(=O)CCOCC(COCCCO)(COCCCO)COCC(C)O. The van der Waals surface area contributed by atoms with Gasteiger partial charge in [0.25, 0.3) is 0 Å². The zero-order valence-electron chi connectivity index (χ0n) is 16.2. The minimum absolute atomic E-state index is 0.0492. The molecule has 0 aromatic carbocycles. The molecule has 3 N–H and O–H groups in total. The maximum absolute atomic E-state index is 11.1. The van der Waals surface area contributed by atoms with Gasteiger partial charge in [-0.3, -0.25) is 4.79 Å². The van der Waals surface area contributed by atoms with Crippen molar-refractivity contribution in [1.29, 1.82) is 0 Å². The Labute approximate surface area is 156 Å². The Morgan fingerprint density at radius 2 is 1.35 bits per heavy atom. The third-order valence-electron chi connectivity index (χ3n) is 3.48. The summed E-state index contributed by atoms with van der Waals surface area (Å²) in [5, 5.41) is 27.2. The van der Waals surface area contributed by atoms with E-state index < -0.39 is 11.5 Å². The van der Waals surface area contributed by atoms with E-state index in [9.17, 15) is 9.90 Å². The van der Waals surface area contributed by atoms with Crippen LogP contribution in [0.5, 0.6) is 0 Å². The van der Waals surface area contributed by atoms with Crippen molar-refractivity contribution < 1.29 is 39.1 Å². The van der Waals surface area contributed by atoms with Crippen LogP contribution in [-0.2, 0) is 23.7 Å². The van der Waals surface area contributed by atoms with E-state index >= 15 is 0 Å². The smallest absolute Gasteiger partial charge is 0.132 e. The summed E-state index contributed by atoms with van der Waals surface area (Å²) in [6, 6.07) is 0. The van der Waals surface area contributed by atoms with Gasteiger partial charge in [-0.05, 0) is 26.7 Å². The molecular formula is C18H36O8. The quantitative estimate of drug-likeness (QED) is 0.272. The minimum atomic E-state index is -0.601. The number of ketones is 1. The molecule has 8 nitrogen and oxygen atoms in total. The predicted molar refractivity (Wildman–Crippen MR) is 96.1 cm³/mol. The molecule has 0 aromatic heterocycles. The summed E-state index contributed by atoms with van der Waals surface area (Å²) < 4.78 is 22.6. The van der Waals surface area contributed by atoms with Crippen LogP contribution < -0.4 is 0 Å². The van der Waals surface area contributed by atoms with Crippen molar-refractivity contribution in [1.82, 2.24) is 0 Å². The molecule has 0 aromatic rings. The summed E-state index contributed by atoms with van der Waals surface area (Å²) in [5.41, 5.74) is -0.601. The minimum Gasteiger partial charge on any atom is -0.396 e. The second-order valence-corrected chi connectivity index (χ2v) is 6.63. The summed E-state index contributed by atoms with van der Waals surface area (Å²) in [6.45, 7) is 5.67. The number of hydrogen-bond donors (Lipinski definition) is 3. The summed E-state index contributed by atoms with van der Waals surface area (Å²) in [6.07, 6.45) is 0.806. The lowest BCUT2D eigenvalue weighted by atomic mass is 9.92. The predicted octanol–water partition coefficient (Wildman–Crippen LogP) is 0.164. The van der Waals surface area contributed by atoms with Gasteiger partial charge in [0.2, 0.25) is 0 Å². The lowest BCUT2D eigenvalue weighted by Gasteiger charge is -2.33. The normalized spacial score (nSPS) is 13.1. The summed E-state index contributed by atoms with van der Waals surface area (Å²) >= 11 is 0. The van der Waals surface area contributed by atoms with Crippen molar-refractivity contribution in [3.05, 3.63) is 0 Å². The zero-order chi connectivity index (χ0) is 19.7. The average molecular weight is 380 g/mol. The molecule has 0 aliphatic rings. The van der Waals surface area contributed by atoms with Crippen LogP contribution in [0.3, 0.4) is 0 Å². The lowest BCUT2D eigenvalue weighted by molar-refractivity contribution is -0.123. The number of aliphatic hydroxyl groups is 3. The van der Waals surface area contributed by atoms with Gasteiger partial charge in [-0.2, -0.15) is 0 Å². The van der Waals surface area contributed by atoms with Crippen molar-refractivity contribution in [2.24, 2.45) is 5.41 Å². The van der Waals surface area contributed by atoms with Crippen molar-refractivity contribution in [2.45, 2.75) is 39.2 Å². The highest BCUT2D eigenvalue weighted by atomic mass is 16.5. The molecule has 156 valence electrons. The Kier molecular flexibility index (Phi) is 16.2. The highest BCUT2D eigenvalue weighted by Crippen LogP contribution is 2.21. The number of aliphatic hydroxyl groups excluding tert-OH is 3. The Bertz CT molecular complexity index is 323. The van der Waals surface area contributed by atoms with E-state index in [1.165, 1.54) is 6.92 Å². The Hall–Kier alpha value is -0.610. The second-order valence-electron chi connectivity index (χ2n) is 6.63. The fraction of sp³-hybridized carbons (Fsp3) is 0.944. The molecular weight excluding hydrogens is 344 g/mol. The topological polar surface area (TPSA) is 115 Å². The molecule has 1 unspecified atom stereocenters. The number of carbonyl (C=O) groups is 1. The largest absolute Gasteiger partial charge is 0.396 e. The van der Waals surface area contributed by atoms with E-state index in [4.69, 9.17) is 29.2 Å². The summed E-state index contributed by atoms with van der Waals surface area (Å²) in [7, 11) is 0. The zero-order valence-corrected chi connectivity index (χ0v) is 16.2.